The standard InChI is InChI=1S/C21H30N4O3S/c1-14(2)11-25(12-15(3)4)13-17-8-6-5-7-16(17)10-22-24-21-23-20(28)18(29-21)9-19(26)27/h5-8,10,14-15,18H,9,11-13H2,1-4H3,(H,26,27)(H,23,24,28). The van der Waals surface area contributed by atoms with E-state index in [0.717, 1.165) is 37.0 Å². The Bertz CT molecular complexity index is 767. The molecule has 1 saturated heterocycles. The van der Waals surface area contributed by atoms with E-state index < -0.39 is 11.2 Å². The van der Waals surface area contributed by atoms with Crippen LogP contribution in [0.1, 0.15) is 45.2 Å². The molecule has 29 heavy (non-hydrogen) atoms. The number of carbonyl (C=O) groups is 2. The normalized spacial score (nSPS) is 18.5. The molecular weight excluding hydrogens is 388 g/mol. The van der Waals surface area contributed by atoms with Crippen molar-refractivity contribution >= 4 is 35.0 Å². The minimum Gasteiger partial charge on any atom is -0.481 e. The molecule has 1 aromatic carbocycles. The molecule has 1 aliphatic rings. The number of hydrogen-bond donors (Lipinski definition) is 2. The summed E-state index contributed by atoms with van der Waals surface area (Å²) in [7, 11) is 0. The highest BCUT2D eigenvalue weighted by Crippen LogP contribution is 2.22. The molecule has 1 atom stereocenters. The first-order valence-corrected chi connectivity index (χ1v) is 10.7. The van der Waals surface area contributed by atoms with Gasteiger partial charge in [-0.2, -0.15) is 5.10 Å². The average molecular weight is 419 g/mol. The zero-order valence-electron chi connectivity index (χ0n) is 17.5. The Hall–Kier alpha value is -2.19. The summed E-state index contributed by atoms with van der Waals surface area (Å²) in [5.74, 6) is -0.182. The van der Waals surface area contributed by atoms with Crippen LogP contribution in [-0.4, -0.2) is 51.6 Å². The number of amidine groups is 1. The number of carboxylic acids is 1. The third kappa shape index (κ3) is 7.98. The maximum atomic E-state index is 11.8. The van der Waals surface area contributed by atoms with Crippen molar-refractivity contribution in [2.24, 2.45) is 22.0 Å². The van der Waals surface area contributed by atoms with E-state index in [4.69, 9.17) is 5.11 Å². The van der Waals surface area contributed by atoms with Crippen molar-refractivity contribution in [3.63, 3.8) is 0 Å². The number of nitrogens with one attached hydrogen (secondary N) is 1. The van der Waals surface area contributed by atoms with Crippen molar-refractivity contribution in [1.29, 1.82) is 0 Å². The van der Waals surface area contributed by atoms with Gasteiger partial charge in [0.1, 0.15) is 5.25 Å². The van der Waals surface area contributed by atoms with Crippen LogP contribution >= 0.6 is 11.8 Å². The molecule has 158 valence electrons. The largest absolute Gasteiger partial charge is 0.481 e. The zero-order valence-corrected chi connectivity index (χ0v) is 18.3. The van der Waals surface area contributed by atoms with Gasteiger partial charge in [0.05, 0.1) is 12.6 Å². The Kier molecular flexibility index (Phi) is 8.85. The fourth-order valence-electron chi connectivity index (χ4n) is 3.17. The third-order valence-electron chi connectivity index (χ3n) is 4.18. The van der Waals surface area contributed by atoms with Crippen molar-refractivity contribution in [2.45, 2.75) is 45.9 Å². The van der Waals surface area contributed by atoms with E-state index >= 15 is 0 Å². The van der Waals surface area contributed by atoms with Crippen LogP contribution in [0.2, 0.25) is 0 Å². The molecule has 0 spiro atoms. The van der Waals surface area contributed by atoms with Crippen LogP contribution in [0.15, 0.2) is 34.5 Å². The van der Waals surface area contributed by atoms with E-state index in [-0.39, 0.29) is 12.3 Å². The molecule has 7 nitrogen and oxygen atoms in total. The lowest BCUT2D eigenvalue weighted by molar-refractivity contribution is -0.138. The van der Waals surface area contributed by atoms with E-state index in [1.807, 2.05) is 18.2 Å². The molecule has 2 N–H and O–H groups in total. The lowest BCUT2D eigenvalue weighted by Gasteiger charge is -2.26. The Labute approximate surface area is 176 Å². The van der Waals surface area contributed by atoms with Crippen molar-refractivity contribution in [3.8, 4) is 0 Å². The Morgan fingerprint density at radius 1 is 1.24 bits per heavy atom. The Morgan fingerprint density at radius 2 is 1.90 bits per heavy atom. The summed E-state index contributed by atoms with van der Waals surface area (Å²) in [6.07, 6.45) is 1.45. The van der Waals surface area contributed by atoms with Crippen molar-refractivity contribution in [3.05, 3.63) is 35.4 Å². The van der Waals surface area contributed by atoms with Gasteiger partial charge in [-0.15, -0.1) is 5.10 Å². The summed E-state index contributed by atoms with van der Waals surface area (Å²) >= 11 is 1.10. The van der Waals surface area contributed by atoms with E-state index in [1.54, 1.807) is 6.21 Å². The number of carboxylic acid groups (broad SMARTS) is 1. The minimum atomic E-state index is -1.01. The van der Waals surface area contributed by atoms with Gasteiger partial charge >= 0.3 is 5.97 Å². The van der Waals surface area contributed by atoms with Crippen LogP contribution in [0.25, 0.3) is 0 Å². The summed E-state index contributed by atoms with van der Waals surface area (Å²) in [6.45, 7) is 11.8. The van der Waals surface area contributed by atoms with Crippen LogP contribution in [0.5, 0.6) is 0 Å². The van der Waals surface area contributed by atoms with Gasteiger partial charge in [0.2, 0.25) is 5.91 Å². The molecular formula is C21H30N4O3S. The number of thioether (sulfide) groups is 1. The summed E-state index contributed by atoms with van der Waals surface area (Å²) in [4.78, 5) is 25.0. The highest BCUT2D eigenvalue weighted by molar-refractivity contribution is 8.15. The van der Waals surface area contributed by atoms with Crippen LogP contribution in [0.4, 0.5) is 0 Å². The molecule has 1 aromatic rings. The molecule has 1 fully saturated rings. The summed E-state index contributed by atoms with van der Waals surface area (Å²) in [5, 5.41) is 19.3. The lowest BCUT2D eigenvalue weighted by atomic mass is 10.1. The quantitative estimate of drug-likeness (QED) is 0.449. The molecule has 1 aliphatic heterocycles. The van der Waals surface area contributed by atoms with E-state index in [1.165, 1.54) is 5.56 Å². The van der Waals surface area contributed by atoms with Gasteiger partial charge in [-0.05, 0) is 23.0 Å². The van der Waals surface area contributed by atoms with Gasteiger partial charge in [0.15, 0.2) is 5.17 Å². The Balaban J connectivity index is 2.08. The second-order valence-corrected chi connectivity index (χ2v) is 9.22. The van der Waals surface area contributed by atoms with Crippen LogP contribution in [0, 0.1) is 11.8 Å². The van der Waals surface area contributed by atoms with E-state index in [0.29, 0.717) is 17.0 Å². The van der Waals surface area contributed by atoms with Gasteiger partial charge in [-0.25, -0.2) is 0 Å². The molecule has 0 aliphatic carbocycles. The van der Waals surface area contributed by atoms with Crippen molar-refractivity contribution in [1.82, 2.24) is 10.2 Å². The maximum absolute atomic E-state index is 11.8. The summed E-state index contributed by atoms with van der Waals surface area (Å²) < 4.78 is 0. The fourth-order valence-corrected chi connectivity index (χ4v) is 4.09. The number of benzene rings is 1. The topological polar surface area (TPSA) is 94.4 Å². The van der Waals surface area contributed by atoms with Gasteiger partial charge in [-0.3, -0.25) is 14.5 Å². The predicted octanol–water partition coefficient (Wildman–Crippen LogP) is 3.20. The number of nitrogens with zero attached hydrogens (tertiary/aromatic N) is 3. The highest BCUT2D eigenvalue weighted by Gasteiger charge is 2.32. The summed E-state index contributed by atoms with van der Waals surface area (Å²) in [5.41, 5.74) is 2.15. The number of hydrogen-bond acceptors (Lipinski definition) is 6. The number of amides is 1. The van der Waals surface area contributed by atoms with Gasteiger partial charge in [0, 0.05) is 19.6 Å². The molecule has 0 radical (unpaired) electrons. The van der Waals surface area contributed by atoms with Crippen LogP contribution in [0.3, 0.4) is 0 Å². The number of aliphatic carboxylic acids is 1. The highest BCUT2D eigenvalue weighted by atomic mass is 32.2. The van der Waals surface area contributed by atoms with Gasteiger partial charge in [0.25, 0.3) is 0 Å². The predicted molar refractivity (Wildman–Crippen MR) is 118 cm³/mol. The Morgan fingerprint density at radius 3 is 2.52 bits per heavy atom. The van der Waals surface area contributed by atoms with Gasteiger partial charge < -0.3 is 10.4 Å². The number of carbonyl (C=O) groups excluding carboxylic acids is 1. The third-order valence-corrected chi connectivity index (χ3v) is 5.25. The molecule has 1 heterocycles. The first-order valence-electron chi connectivity index (χ1n) is 9.85. The van der Waals surface area contributed by atoms with E-state index in [2.05, 4.69) is 54.2 Å². The second-order valence-electron chi connectivity index (χ2n) is 8.02. The van der Waals surface area contributed by atoms with Crippen molar-refractivity contribution < 1.29 is 14.7 Å². The molecule has 0 aromatic heterocycles. The molecule has 1 unspecified atom stereocenters. The summed E-state index contributed by atoms with van der Waals surface area (Å²) in [6, 6.07) is 8.07. The van der Waals surface area contributed by atoms with Crippen LogP contribution in [-0.2, 0) is 16.1 Å². The molecule has 1 amide bonds. The maximum Gasteiger partial charge on any atom is 0.305 e. The fraction of sp³-hybridized carbons (Fsp3) is 0.524. The van der Waals surface area contributed by atoms with Gasteiger partial charge in [-0.1, -0.05) is 63.7 Å². The van der Waals surface area contributed by atoms with Crippen LogP contribution < -0.4 is 5.32 Å². The molecule has 2 rings (SSSR count). The zero-order chi connectivity index (χ0) is 21.4. The van der Waals surface area contributed by atoms with Crippen molar-refractivity contribution in [2.75, 3.05) is 13.1 Å². The first-order chi connectivity index (χ1) is 13.7. The smallest absolute Gasteiger partial charge is 0.305 e. The monoisotopic (exact) mass is 418 g/mol. The molecule has 0 saturated carbocycles. The lowest BCUT2D eigenvalue weighted by Crippen LogP contribution is -2.31. The molecule has 0 bridgehead atoms. The SMILES string of the molecule is CC(C)CN(Cc1ccccc1C=NN=C1NC(=O)C(CC(=O)O)S1)CC(C)C. The number of rotatable bonds is 10. The first kappa shape index (κ1) is 23.1. The minimum absolute atomic E-state index is 0.233. The second kappa shape index (κ2) is 11.1. The average Bonchev–Trinajstić information content (AvgIpc) is 2.94. The van der Waals surface area contributed by atoms with E-state index in [9.17, 15) is 9.59 Å². The molecule has 8 heteroatoms.